The minimum absolute atomic E-state index is 0.0288. The van der Waals surface area contributed by atoms with Crippen molar-refractivity contribution >= 4 is 38.4 Å². The molecule has 1 saturated heterocycles. The standard InChI is InChI=1S/C18H26N8O4S2/c19-16-12(2-1-3-13(16)24-6-7-27)11-4-5-14(31(28)10-8-23-9-10)17(32(22,29)30)15(11)18(20)25-26-21/h1-5,10,23-24,26-27H,6-9,19,21H2,(H2,20,25)(H2,22,29,30). The SMILES string of the molecule is NN/N=C(\N)c1c(-c2cccc(NCCO)c2N)ccc([S+]([O-])C2CNC2)c1S(N)(=O)=O. The maximum absolute atomic E-state index is 13.1. The van der Waals surface area contributed by atoms with Crippen molar-refractivity contribution in [2.75, 3.05) is 37.3 Å². The summed E-state index contributed by atoms with van der Waals surface area (Å²) in [7, 11) is -4.39. The highest BCUT2D eigenvalue weighted by Crippen LogP contribution is 2.39. The van der Waals surface area contributed by atoms with Gasteiger partial charge in [0.2, 0.25) is 10.0 Å². The van der Waals surface area contributed by atoms with E-state index < -0.39 is 26.1 Å². The van der Waals surface area contributed by atoms with E-state index in [4.69, 9.17) is 27.6 Å². The monoisotopic (exact) mass is 482 g/mol. The van der Waals surface area contributed by atoms with Crippen molar-refractivity contribution in [2.45, 2.75) is 15.0 Å². The van der Waals surface area contributed by atoms with Crippen molar-refractivity contribution in [3.05, 3.63) is 35.9 Å². The molecule has 12 N–H and O–H groups in total. The average molecular weight is 483 g/mol. The molecule has 174 valence electrons. The van der Waals surface area contributed by atoms with E-state index >= 15 is 0 Å². The summed E-state index contributed by atoms with van der Waals surface area (Å²) in [6, 6.07) is 8.10. The van der Waals surface area contributed by atoms with Gasteiger partial charge in [0.1, 0.15) is 10.1 Å². The third-order valence-corrected chi connectivity index (χ3v) is 7.77. The van der Waals surface area contributed by atoms with Crippen molar-refractivity contribution in [2.24, 2.45) is 21.8 Å². The summed E-state index contributed by atoms with van der Waals surface area (Å²) < 4.78 is 38.5. The molecule has 12 nitrogen and oxygen atoms in total. The van der Waals surface area contributed by atoms with Gasteiger partial charge < -0.3 is 31.8 Å². The molecule has 1 aliphatic heterocycles. The first-order chi connectivity index (χ1) is 15.2. The molecule has 0 amide bonds. The van der Waals surface area contributed by atoms with Gasteiger partial charge in [-0.25, -0.2) is 24.9 Å². The molecular weight excluding hydrogens is 456 g/mol. The number of rotatable bonds is 9. The van der Waals surface area contributed by atoms with E-state index in [0.717, 1.165) is 0 Å². The van der Waals surface area contributed by atoms with Gasteiger partial charge in [-0.2, -0.15) is 0 Å². The molecule has 1 unspecified atom stereocenters. The topological polar surface area (TPSA) is 230 Å². The van der Waals surface area contributed by atoms with Crippen molar-refractivity contribution in [3.63, 3.8) is 0 Å². The predicted molar refractivity (Wildman–Crippen MR) is 124 cm³/mol. The Hall–Kier alpha value is -2.59. The smallest absolute Gasteiger partial charge is 0.243 e. The molecule has 32 heavy (non-hydrogen) atoms. The zero-order chi connectivity index (χ0) is 23.5. The molecule has 0 aromatic heterocycles. The average Bonchev–Trinajstić information content (AvgIpc) is 2.70. The van der Waals surface area contributed by atoms with Crippen LogP contribution in [0.5, 0.6) is 0 Å². The summed E-state index contributed by atoms with van der Waals surface area (Å²) in [5.41, 5.74) is 15.9. The third-order valence-electron chi connectivity index (χ3n) is 4.93. The number of nitrogen functional groups attached to an aromatic ring is 1. The predicted octanol–water partition coefficient (Wildman–Crippen LogP) is -1.85. The minimum Gasteiger partial charge on any atom is -0.611 e. The number of hydrogen-bond donors (Lipinski definition) is 8. The molecule has 14 heteroatoms. The molecule has 1 aliphatic rings. The summed E-state index contributed by atoms with van der Waals surface area (Å²) in [6.07, 6.45) is 0. The maximum Gasteiger partial charge on any atom is 0.243 e. The second-order valence-electron chi connectivity index (χ2n) is 6.98. The minimum atomic E-state index is -4.39. The van der Waals surface area contributed by atoms with E-state index in [9.17, 15) is 13.0 Å². The Bertz CT molecular complexity index is 1120. The lowest BCUT2D eigenvalue weighted by Crippen LogP contribution is -2.51. The van der Waals surface area contributed by atoms with E-state index in [2.05, 4.69) is 15.7 Å². The number of anilines is 2. The van der Waals surface area contributed by atoms with Crippen LogP contribution in [0.3, 0.4) is 0 Å². The van der Waals surface area contributed by atoms with Crippen LogP contribution in [0, 0.1) is 0 Å². The highest BCUT2D eigenvalue weighted by molar-refractivity contribution is 7.94. The first-order valence-electron chi connectivity index (χ1n) is 9.54. The lowest BCUT2D eigenvalue weighted by Gasteiger charge is -2.30. The number of benzene rings is 2. The molecule has 0 bridgehead atoms. The molecule has 1 atom stereocenters. The molecule has 0 radical (unpaired) electrons. The highest BCUT2D eigenvalue weighted by atomic mass is 32.2. The molecule has 1 heterocycles. The lowest BCUT2D eigenvalue weighted by atomic mass is 9.96. The van der Waals surface area contributed by atoms with E-state index in [1.807, 2.05) is 5.53 Å². The van der Waals surface area contributed by atoms with Crippen molar-refractivity contribution in [1.29, 1.82) is 0 Å². The number of nitrogens with zero attached hydrogens (tertiary/aromatic N) is 1. The van der Waals surface area contributed by atoms with Gasteiger partial charge in [0.15, 0.2) is 10.7 Å². The van der Waals surface area contributed by atoms with E-state index in [1.165, 1.54) is 6.07 Å². The fourth-order valence-corrected chi connectivity index (χ4v) is 6.17. The number of aliphatic hydroxyl groups is 1. The van der Waals surface area contributed by atoms with E-state index in [0.29, 0.717) is 29.9 Å². The second-order valence-corrected chi connectivity index (χ2v) is 10.2. The van der Waals surface area contributed by atoms with Crippen LogP contribution >= 0.6 is 0 Å². The van der Waals surface area contributed by atoms with Crippen LogP contribution in [0.25, 0.3) is 11.1 Å². The van der Waals surface area contributed by atoms with Gasteiger partial charge in [0.05, 0.1) is 23.5 Å². The van der Waals surface area contributed by atoms with Gasteiger partial charge in [-0.15, -0.1) is 5.10 Å². The number of nitrogens with one attached hydrogen (secondary N) is 3. The zero-order valence-electron chi connectivity index (χ0n) is 17.0. The van der Waals surface area contributed by atoms with Crippen molar-refractivity contribution < 1.29 is 18.1 Å². The number of aliphatic hydroxyl groups excluding tert-OH is 1. The Balaban J connectivity index is 2.32. The summed E-state index contributed by atoms with van der Waals surface area (Å²) in [5.74, 6) is 5.00. The molecular formula is C18H26N8O4S2. The van der Waals surface area contributed by atoms with Crippen molar-refractivity contribution in [1.82, 2.24) is 10.9 Å². The van der Waals surface area contributed by atoms with Gasteiger partial charge in [-0.3, -0.25) is 0 Å². The van der Waals surface area contributed by atoms with Crippen LogP contribution in [0.4, 0.5) is 11.4 Å². The fourth-order valence-electron chi connectivity index (χ4n) is 3.35. The van der Waals surface area contributed by atoms with Gasteiger partial charge in [-0.1, -0.05) is 12.1 Å². The molecule has 0 spiro atoms. The van der Waals surface area contributed by atoms with Gasteiger partial charge in [0, 0.05) is 25.2 Å². The quantitative estimate of drug-likeness (QED) is 0.0496. The summed E-state index contributed by atoms with van der Waals surface area (Å²) >= 11 is -1.66. The highest BCUT2D eigenvalue weighted by Gasteiger charge is 2.37. The summed E-state index contributed by atoms with van der Waals surface area (Å²) in [5, 5.41) is 24.1. The first kappa shape index (κ1) is 24.1. The Morgan fingerprint density at radius 3 is 2.56 bits per heavy atom. The summed E-state index contributed by atoms with van der Waals surface area (Å²) in [4.78, 5) is -0.370. The van der Waals surface area contributed by atoms with Gasteiger partial charge in [-0.05, 0) is 34.9 Å². The molecule has 2 aromatic rings. The molecule has 3 rings (SSSR count). The van der Waals surface area contributed by atoms with Crippen molar-refractivity contribution in [3.8, 4) is 11.1 Å². The largest absolute Gasteiger partial charge is 0.611 e. The molecule has 2 aromatic carbocycles. The number of amidine groups is 1. The van der Waals surface area contributed by atoms with Crippen LogP contribution in [0.15, 0.2) is 45.2 Å². The van der Waals surface area contributed by atoms with Crippen LogP contribution in [0.2, 0.25) is 0 Å². The Morgan fingerprint density at radius 2 is 2.00 bits per heavy atom. The van der Waals surface area contributed by atoms with Crippen LogP contribution < -0.4 is 38.6 Å². The molecule has 1 fully saturated rings. The van der Waals surface area contributed by atoms with Gasteiger partial charge in [0.25, 0.3) is 0 Å². The Labute approximate surface area is 188 Å². The lowest BCUT2D eigenvalue weighted by molar-refractivity contribution is 0.311. The zero-order valence-corrected chi connectivity index (χ0v) is 18.7. The number of primary sulfonamides is 1. The number of para-hydroxylation sites is 1. The van der Waals surface area contributed by atoms with E-state index in [1.54, 1.807) is 24.3 Å². The van der Waals surface area contributed by atoms with E-state index in [-0.39, 0.29) is 40.4 Å². The second kappa shape index (κ2) is 9.91. The normalized spacial score (nSPS) is 15.8. The third kappa shape index (κ3) is 4.75. The molecule has 0 aliphatic carbocycles. The maximum atomic E-state index is 13.1. The number of hydrogen-bond acceptors (Lipinski definition) is 10. The van der Waals surface area contributed by atoms with Gasteiger partial charge >= 0.3 is 0 Å². The number of nitrogens with two attached hydrogens (primary N) is 4. The number of hydrazine groups is 1. The first-order valence-corrected chi connectivity index (χ1v) is 12.3. The van der Waals surface area contributed by atoms with Crippen LogP contribution in [-0.4, -0.2) is 55.4 Å². The number of sulfonamides is 1. The van der Waals surface area contributed by atoms with Crippen LogP contribution in [-0.2, 0) is 21.2 Å². The summed E-state index contributed by atoms with van der Waals surface area (Å²) in [6.45, 7) is 1.11. The molecule has 0 saturated carbocycles. The number of hydrazone groups is 1. The van der Waals surface area contributed by atoms with Crippen LogP contribution in [0.1, 0.15) is 5.56 Å². The fraction of sp³-hybridized carbons (Fsp3) is 0.278. The Kier molecular flexibility index (Phi) is 7.45. The Morgan fingerprint density at radius 1 is 1.28 bits per heavy atom.